The molecule has 0 atom stereocenters. The Balaban J connectivity index is 1.17. The fraction of sp³-hybridized carbons (Fsp3) is 0.184. The normalized spacial score (nSPS) is 12.5. The zero-order valence-electron chi connectivity index (χ0n) is 43.0. The van der Waals surface area contributed by atoms with Gasteiger partial charge >= 0.3 is 0 Å². The fourth-order valence-electron chi connectivity index (χ4n) is 7.40. The van der Waals surface area contributed by atoms with E-state index < -0.39 is 78.0 Å². The minimum absolute atomic E-state index is 0.0176. The number of phenols is 1. The van der Waals surface area contributed by atoms with Crippen LogP contribution in [0.25, 0.3) is 10.8 Å². The summed E-state index contributed by atoms with van der Waals surface area (Å²) in [5.41, 5.74) is 7.50. The van der Waals surface area contributed by atoms with E-state index in [1.165, 1.54) is 64.8 Å². The molecule has 32 heteroatoms. The highest BCUT2D eigenvalue weighted by Crippen LogP contribution is 2.47. The molecule has 0 saturated heterocycles. The molecular weight excluding hydrogens is 1140 g/mol. The van der Waals surface area contributed by atoms with Gasteiger partial charge < -0.3 is 39.8 Å². The van der Waals surface area contributed by atoms with E-state index in [1.54, 1.807) is 37.3 Å². The first-order valence-corrected chi connectivity index (χ1v) is 29.0. The second-order valence-electron chi connectivity index (χ2n) is 16.9. The van der Waals surface area contributed by atoms with E-state index in [-0.39, 0.29) is 86.7 Å². The summed E-state index contributed by atoms with van der Waals surface area (Å²) in [7, 11) is -14.0. The summed E-state index contributed by atoms with van der Waals surface area (Å²) in [6, 6.07) is 23.6. The first kappa shape index (κ1) is 59.9. The second-order valence-corrected chi connectivity index (χ2v) is 22.7. The predicted molar refractivity (Wildman–Crippen MR) is 293 cm³/mol. The highest BCUT2D eigenvalue weighted by Gasteiger charge is 2.24. The van der Waals surface area contributed by atoms with Crippen molar-refractivity contribution >= 4 is 108 Å². The summed E-state index contributed by atoms with van der Waals surface area (Å²) in [6.45, 7) is 1.68. The molecule has 0 heterocycles. The number of hydrogen-bond donors (Lipinski definition) is 7. The largest absolute Gasteiger partial charge is 0.505 e. The Morgan fingerprint density at radius 2 is 0.988 bits per heavy atom. The molecule has 0 saturated carbocycles. The van der Waals surface area contributed by atoms with Crippen molar-refractivity contribution in [2.45, 2.75) is 34.6 Å². The zero-order valence-corrected chi connectivity index (χ0v) is 46.2. The van der Waals surface area contributed by atoms with E-state index in [1.807, 2.05) is 12.1 Å². The van der Waals surface area contributed by atoms with Crippen molar-refractivity contribution in [3.05, 3.63) is 114 Å². The molecule has 28 nitrogen and oxygen atoms in total. The predicted octanol–water partition coefficient (Wildman–Crippen LogP) is 11.1. The number of nitrogen functional groups attached to an aromatic ring is 1. The van der Waals surface area contributed by atoms with Gasteiger partial charge in [-0.15, -0.1) is 35.8 Å². The van der Waals surface area contributed by atoms with E-state index in [0.717, 1.165) is 23.8 Å². The molecule has 0 aliphatic rings. The first-order valence-electron chi connectivity index (χ1n) is 23.1. The lowest BCUT2D eigenvalue weighted by atomic mass is 10.1. The van der Waals surface area contributed by atoms with Gasteiger partial charge in [0.1, 0.15) is 78.4 Å². The van der Waals surface area contributed by atoms with Crippen molar-refractivity contribution in [1.82, 2.24) is 0 Å². The van der Waals surface area contributed by atoms with Crippen molar-refractivity contribution in [3.8, 4) is 34.5 Å². The quantitative estimate of drug-likeness (QED) is 0.0135. The number of methoxy groups -OCH3 is 4. The summed E-state index contributed by atoms with van der Waals surface area (Å²) in [4.78, 5) is -2.60. The zero-order chi connectivity index (χ0) is 59.0. The van der Waals surface area contributed by atoms with Gasteiger partial charge in [0.25, 0.3) is 40.5 Å². The van der Waals surface area contributed by atoms with Crippen LogP contribution in [0.3, 0.4) is 0 Å². The Morgan fingerprint density at radius 3 is 1.48 bits per heavy atom. The number of ether oxygens (including phenoxy) is 5. The van der Waals surface area contributed by atoms with Crippen molar-refractivity contribution in [3.63, 3.8) is 0 Å². The van der Waals surface area contributed by atoms with Crippen molar-refractivity contribution in [2.75, 3.05) is 51.8 Å². The van der Waals surface area contributed by atoms with Gasteiger partial charge in [0.15, 0.2) is 5.75 Å². The van der Waals surface area contributed by atoms with Gasteiger partial charge in [-0.25, -0.2) is 0 Å². The Bertz CT molecular complexity index is 4170. The molecule has 0 aromatic heterocycles. The van der Waals surface area contributed by atoms with E-state index in [2.05, 4.69) is 46.2 Å². The molecule has 7 rings (SSSR count). The van der Waals surface area contributed by atoms with Crippen LogP contribution in [0.1, 0.15) is 17.5 Å². The minimum atomic E-state index is -5.12. The van der Waals surface area contributed by atoms with Crippen LogP contribution >= 0.6 is 0 Å². The molecule has 7 aromatic carbocycles. The fourth-order valence-corrected chi connectivity index (χ4v) is 9.77. The molecule has 0 bridgehead atoms. The standard InChI is InChI=1S/C49H48N10O18S4/c1-27-17-36(54-52-34-14-12-32(79(64,65)66)20-46(34)80(67,68)69)45(77-15-6-16-78(61,62)63)21-35(27)53-55-37-22-42(74-3)38(23-41(37)73-2)56-57-39-24-44(76-5)40(25-43(39)75-4)58-59-48-47(81(70,71)72)19-29-18-31(11-13-33(29)49(48)60)51-26-28-7-9-30(50)10-8-28/h7-14,17-25,51,60H,6,15-16,26,50H2,1-5H3,(H,61,62,63)(H,64,65,66)(H,67,68,69)(H,70,71,72). The van der Waals surface area contributed by atoms with Crippen molar-refractivity contribution in [1.29, 1.82) is 0 Å². The number of nitrogens with two attached hydrogens (primary N) is 1. The summed E-state index contributed by atoms with van der Waals surface area (Å²) < 4.78 is 163. The molecule has 0 unspecified atom stereocenters. The average Bonchev–Trinajstić information content (AvgIpc) is 3.61. The third-order valence-corrected chi connectivity index (χ3v) is 14.8. The molecule has 0 fully saturated rings. The maximum absolute atomic E-state index is 12.7. The SMILES string of the molecule is COc1cc(N=Nc2cc(OC)c(N=Nc3c(S(=O)(=O)O)cc4cc(NCc5ccc(N)cc5)ccc4c3O)cc2OC)c(OC)cc1N=Nc1cc(OCCCS(=O)(=O)O)c(N=Nc2ccc(S(=O)(=O)O)cc2S(=O)(=O)O)cc1C. The van der Waals surface area contributed by atoms with Crippen LogP contribution in [0.2, 0.25) is 0 Å². The van der Waals surface area contributed by atoms with Gasteiger partial charge in [-0.05, 0) is 90.5 Å². The number of hydrogen-bond acceptors (Lipinski definition) is 24. The summed E-state index contributed by atoms with van der Waals surface area (Å²) in [5.74, 6) is -1.02. The molecule has 0 radical (unpaired) electrons. The number of benzene rings is 7. The van der Waals surface area contributed by atoms with Crippen LogP contribution < -0.4 is 34.7 Å². The topological polar surface area (TPSA) is 421 Å². The highest BCUT2D eigenvalue weighted by molar-refractivity contribution is 7.87. The van der Waals surface area contributed by atoms with E-state index >= 15 is 0 Å². The monoisotopic (exact) mass is 1190 g/mol. The molecule has 426 valence electrons. The number of aryl methyl sites for hydroxylation is 1. The maximum atomic E-state index is 12.7. The number of azo groups is 4. The van der Waals surface area contributed by atoms with Gasteiger partial charge in [-0.1, -0.05) is 12.1 Å². The Morgan fingerprint density at radius 1 is 0.506 bits per heavy atom. The molecule has 0 aliphatic heterocycles. The lowest BCUT2D eigenvalue weighted by Gasteiger charge is -2.12. The van der Waals surface area contributed by atoms with E-state index in [4.69, 9.17) is 29.4 Å². The third-order valence-electron chi connectivity index (χ3n) is 11.4. The van der Waals surface area contributed by atoms with Gasteiger partial charge in [0.05, 0.1) is 51.4 Å². The molecule has 7 aromatic rings. The number of phenolic OH excluding ortho intramolecular Hbond substituents is 1. The van der Waals surface area contributed by atoms with E-state index in [0.29, 0.717) is 29.5 Å². The van der Waals surface area contributed by atoms with Crippen LogP contribution in [-0.4, -0.2) is 97.8 Å². The van der Waals surface area contributed by atoms with Crippen LogP contribution in [-0.2, 0) is 47.0 Å². The van der Waals surface area contributed by atoms with Crippen molar-refractivity contribution in [2.24, 2.45) is 40.9 Å². The molecule has 0 spiro atoms. The number of fused-ring (bicyclic) bond motifs is 1. The Kier molecular flexibility index (Phi) is 18.3. The molecule has 0 aliphatic carbocycles. The number of anilines is 2. The van der Waals surface area contributed by atoms with Crippen LogP contribution in [0.15, 0.2) is 159 Å². The maximum Gasteiger partial charge on any atom is 0.296 e. The summed E-state index contributed by atoms with van der Waals surface area (Å²) in [5, 5.41) is 48.5. The Hall–Kier alpha value is -8.76. The highest BCUT2D eigenvalue weighted by atomic mass is 32.2. The van der Waals surface area contributed by atoms with Gasteiger partial charge in [-0.2, -0.15) is 38.8 Å². The number of aromatic hydroxyl groups is 1. The average molecular weight is 1190 g/mol. The molecular formula is C49H48N10O18S4. The van der Waals surface area contributed by atoms with E-state index in [9.17, 15) is 57.0 Å². The van der Waals surface area contributed by atoms with Crippen LogP contribution in [0, 0.1) is 6.92 Å². The summed E-state index contributed by atoms with van der Waals surface area (Å²) in [6.07, 6.45) is -0.196. The summed E-state index contributed by atoms with van der Waals surface area (Å²) >= 11 is 0. The molecule has 8 N–H and O–H groups in total. The first-order chi connectivity index (χ1) is 38.2. The lowest BCUT2D eigenvalue weighted by Crippen LogP contribution is -2.08. The van der Waals surface area contributed by atoms with Gasteiger partial charge in [0.2, 0.25) is 0 Å². The molecule has 0 amide bonds. The van der Waals surface area contributed by atoms with Crippen LogP contribution in [0.5, 0.6) is 34.5 Å². The second kappa shape index (κ2) is 24.7. The number of nitrogens with zero attached hydrogens (tertiary/aromatic N) is 8. The minimum Gasteiger partial charge on any atom is -0.505 e. The van der Waals surface area contributed by atoms with Gasteiger partial charge in [0, 0.05) is 53.6 Å². The third kappa shape index (κ3) is 15.1. The molecule has 81 heavy (non-hydrogen) atoms. The number of rotatable bonds is 23. The van der Waals surface area contributed by atoms with Gasteiger partial charge in [-0.3, -0.25) is 18.2 Å². The van der Waals surface area contributed by atoms with Crippen molar-refractivity contribution < 1.29 is 80.7 Å². The Labute approximate surface area is 462 Å². The lowest BCUT2D eigenvalue weighted by molar-refractivity contribution is 0.317. The van der Waals surface area contributed by atoms with Crippen LogP contribution in [0.4, 0.5) is 56.9 Å². The smallest absolute Gasteiger partial charge is 0.296 e. The number of nitrogens with one attached hydrogen (secondary N) is 1.